The summed E-state index contributed by atoms with van der Waals surface area (Å²) in [5, 5.41) is 42.0. The second-order valence-electron chi connectivity index (χ2n) is 7.14. The van der Waals surface area contributed by atoms with Gasteiger partial charge in [0.05, 0.1) is 35.3 Å². The Hall–Kier alpha value is -2.39. The standard InChI is InChI=1S/C21H21BrClF2N3O6.H2O/c1-33-15-4-10-14(5-16(15)34-17(7-30)20(32)19(31)13(25)6-29)26-8-27-21(10)28-9-2-11(23)18(22)12(24)3-9;/h2-5,8,13,17,19-20,29-32H,6-7H2,1H3,(H,26,27,28);1H2/t13-,17-,19+,20+;/m1./s1. The molecule has 0 radical (unpaired) electrons. The fourth-order valence-corrected chi connectivity index (χ4v) is 3.54. The van der Waals surface area contributed by atoms with E-state index in [9.17, 15) is 24.1 Å². The third kappa shape index (κ3) is 6.44. The first-order valence-corrected chi connectivity index (χ1v) is 11.0. The Morgan fingerprint density at radius 3 is 2.40 bits per heavy atom. The number of fused-ring (bicyclic) bond motifs is 1. The molecule has 0 spiro atoms. The zero-order valence-electron chi connectivity index (χ0n) is 18.1. The number of anilines is 2. The van der Waals surface area contributed by atoms with E-state index in [0.717, 1.165) is 0 Å². The molecule has 0 saturated heterocycles. The number of hydrogen-bond donors (Lipinski definition) is 5. The first-order valence-electron chi connectivity index (χ1n) is 9.83. The number of benzene rings is 2. The molecular weight excluding hydrogens is 560 g/mol. The van der Waals surface area contributed by atoms with Crippen LogP contribution in [-0.4, -0.2) is 80.7 Å². The molecule has 35 heavy (non-hydrogen) atoms. The molecule has 4 atom stereocenters. The maximum absolute atomic E-state index is 14.0. The van der Waals surface area contributed by atoms with Gasteiger partial charge in [0.25, 0.3) is 0 Å². The van der Waals surface area contributed by atoms with E-state index in [1.54, 1.807) is 0 Å². The summed E-state index contributed by atoms with van der Waals surface area (Å²) in [7, 11) is 1.34. The predicted molar refractivity (Wildman–Crippen MR) is 128 cm³/mol. The molecule has 3 aromatic rings. The van der Waals surface area contributed by atoms with Crippen molar-refractivity contribution < 1.29 is 44.2 Å². The van der Waals surface area contributed by atoms with E-state index < -0.39 is 43.5 Å². The highest BCUT2D eigenvalue weighted by Crippen LogP contribution is 2.36. The van der Waals surface area contributed by atoms with Crippen molar-refractivity contribution in [3.05, 3.63) is 45.9 Å². The summed E-state index contributed by atoms with van der Waals surface area (Å²) in [6, 6.07) is 5.66. The van der Waals surface area contributed by atoms with Crippen molar-refractivity contribution in [1.82, 2.24) is 9.97 Å². The van der Waals surface area contributed by atoms with Gasteiger partial charge in [0.15, 0.2) is 23.8 Å². The van der Waals surface area contributed by atoms with Crippen LogP contribution >= 0.6 is 27.5 Å². The first-order chi connectivity index (χ1) is 16.2. The van der Waals surface area contributed by atoms with Crippen LogP contribution in [-0.2, 0) is 0 Å². The Morgan fingerprint density at radius 1 is 1.09 bits per heavy atom. The Kier molecular flexibility index (Phi) is 10.3. The zero-order valence-corrected chi connectivity index (χ0v) is 20.5. The van der Waals surface area contributed by atoms with Crippen LogP contribution in [0.4, 0.5) is 20.3 Å². The summed E-state index contributed by atoms with van der Waals surface area (Å²) in [6.07, 6.45) is -6.19. The maximum atomic E-state index is 14.0. The molecule has 192 valence electrons. The summed E-state index contributed by atoms with van der Waals surface area (Å²) < 4.78 is 38.7. The van der Waals surface area contributed by atoms with Gasteiger partial charge < -0.3 is 40.7 Å². The normalized spacial score (nSPS) is 14.5. The van der Waals surface area contributed by atoms with Gasteiger partial charge in [-0.3, -0.25) is 0 Å². The molecule has 0 amide bonds. The topological polar surface area (TPSA) is 169 Å². The third-order valence-corrected chi connectivity index (χ3v) is 6.23. The van der Waals surface area contributed by atoms with Crippen molar-refractivity contribution in [3.63, 3.8) is 0 Å². The third-order valence-electron chi connectivity index (χ3n) is 4.90. The fourth-order valence-electron chi connectivity index (χ4n) is 3.10. The molecule has 0 saturated carbocycles. The zero-order chi connectivity index (χ0) is 25.0. The van der Waals surface area contributed by atoms with Crippen molar-refractivity contribution in [3.8, 4) is 11.5 Å². The van der Waals surface area contributed by atoms with E-state index >= 15 is 0 Å². The maximum Gasteiger partial charge on any atom is 0.164 e. The van der Waals surface area contributed by atoms with E-state index in [1.165, 1.54) is 37.7 Å². The molecule has 0 bridgehead atoms. The molecule has 0 unspecified atom stereocenters. The molecule has 0 fully saturated rings. The minimum Gasteiger partial charge on any atom is -0.493 e. The monoisotopic (exact) mass is 581 g/mol. The number of nitrogens with one attached hydrogen (secondary N) is 1. The van der Waals surface area contributed by atoms with Gasteiger partial charge in [-0.1, -0.05) is 11.6 Å². The number of aliphatic hydroxyl groups excluding tert-OH is 4. The number of nitrogens with zero attached hydrogens (tertiary/aromatic N) is 2. The average Bonchev–Trinajstić information content (AvgIpc) is 2.83. The highest BCUT2D eigenvalue weighted by molar-refractivity contribution is 9.10. The van der Waals surface area contributed by atoms with Crippen LogP contribution in [0.3, 0.4) is 0 Å². The Morgan fingerprint density at radius 2 is 1.80 bits per heavy atom. The lowest BCUT2D eigenvalue weighted by molar-refractivity contribution is -0.0981. The quantitative estimate of drug-likeness (QED) is 0.224. The lowest BCUT2D eigenvalue weighted by Crippen LogP contribution is -2.48. The van der Waals surface area contributed by atoms with E-state index in [2.05, 4.69) is 31.2 Å². The van der Waals surface area contributed by atoms with Crippen LogP contribution in [0.2, 0.25) is 5.02 Å². The SMILES string of the molecule is COc1cc2c(Nc3cc(F)c(Br)c(Cl)c3)ncnc2cc1O[C@H](CO)[C@H](O)[C@@H](O)[C@H](F)CO.O. The highest BCUT2D eigenvalue weighted by atomic mass is 79.9. The number of aromatic nitrogens is 2. The van der Waals surface area contributed by atoms with Crippen molar-refractivity contribution in [1.29, 1.82) is 0 Å². The van der Waals surface area contributed by atoms with Gasteiger partial charge in [0.1, 0.15) is 30.2 Å². The Labute approximate surface area is 211 Å². The van der Waals surface area contributed by atoms with Gasteiger partial charge in [-0.2, -0.15) is 0 Å². The molecular formula is C21H23BrClF2N3O7. The molecule has 1 aromatic heterocycles. The highest BCUT2D eigenvalue weighted by Gasteiger charge is 2.34. The second kappa shape index (κ2) is 12.5. The molecule has 3 rings (SSSR count). The van der Waals surface area contributed by atoms with Crippen LogP contribution < -0.4 is 14.8 Å². The molecule has 0 aliphatic carbocycles. The van der Waals surface area contributed by atoms with Crippen molar-refractivity contribution in [2.24, 2.45) is 0 Å². The summed E-state index contributed by atoms with van der Waals surface area (Å²) in [5.74, 6) is -0.106. The van der Waals surface area contributed by atoms with Gasteiger partial charge in [0, 0.05) is 17.1 Å². The predicted octanol–water partition coefficient (Wildman–Crippen LogP) is 1.90. The van der Waals surface area contributed by atoms with Crippen LogP contribution in [0, 0.1) is 5.82 Å². The van der Waals surface area contributed by atoms with Gasteiger partial charge >= 0.3 is 0 Å². The number of hydrogen-bond acceptors (Lipinski definition) is 9. The van der Waals surface area contributed by atoms with Crippen LogP contribution in [0.15, 0.2) is 35.1 Å². The summed E-state index contributed by atoms with van der Waals surface area (Å²) >= 11 is 9.06. The number of rotatable bonds is 10. The van der Waals surface area contributed by atoms with Gasteiger partial charge in [-0.15, -0.1) is 0 Å². The summed E-state index contributed by atoms with van der Waals surface area (Å²) in [4.78, 5) is 8.33. The van der Waals surface area contributed by atoms with E-state index in [4.69, 9.17) is 26.2 Å². The van der Waals surface area contributed by atoms with Crippen molar-refractivity contribution >= 4 is 49.9 Å². The first kappa shape index (κ1) is 28.8. The molecule has 1 heterocycles. The van der Waals surface area contributed by atoms with Crippen molar-refractivity contribution in [2.75, 3.05) is 25.6 Å². The lowest BCUT2D eigenvalue weighted by Gasteiger charge is -2.28. The Bertz CT molecular complexity index is 1140. The molecule has 10 nitrogen and oxygen atoms in total. The van der Waals surface area contributed by atoms with Crippen LogP contribution in [0.25, 0.3) is 10.9 Å². The minimum atomic E-state index is -2.13. The Balaban J connectivity index is 0.00000432. The van der Waals surface area contributed by atoms with Crippen molar-refractivity contribution in [2.45, 2.75) is 24.5 Å². The molecule has 7 N–H and O–H groups in total. The molecule has 0 aliphatic rings. The molecule has 2 aromatic carbocycles. The van der Waals surface area contributed by atoms with E-state index in [0.29, 0.717) is 22.4 Å². The van der Waals surface area contributed by atoms with Gasteiger partial charge in [-0.05, 0) is 34.1 Å². The number of halogens is 4. The number of aliphatic hydroxyl groups is 4. The van der Waals surface area contributed by atoms with Gasteiger partial charge in [-0.25, -0.2) is 18.7 Å². The number of ether oxygens (including phenoxy) is 2. The summed E-state index contributed by atoms with van der Waals surface area (Å²) in [6.45, 7) is -1.79. The summed E-state index contributed by atoms with van der Waals surface area (Å²) in [5.41, 5.74) is 0.676. The van der Waals surface area contributed by atoms with E-state index in [1.807, 2.05) is 0 Å². The molecule has 14 heteroatoms. The number of methoxy groups -OCH3 is 1. The second-order valence-corrected chi connectivity index (χ2v) is 8.34. The number of alkyl halides is 1. The fraction of sp³-hybridized carbons (Fsp3) is 0.333. The van der Waals surface area contributed by atoms with Crippen LogP contribution in [0.5, 0.6) is 11.5 Å². The largest absolute Gasteiger partial charge is 0.493 e. The average molecular weight is 583 g/mol. The lowest BCUT2D eigenvalue weighted by atomic mass is 10.0. The van der Waals surface area contributed by atoms with Crippen LogP contribution in [0.1, 0.15) is 0 Å². The smallest absolute Gasteiger partial charge is 0.164 e. The molecule has 0 aliphatic heterocycles. The van der Waals surface area contributed by atoms with E-state index in [-0.39, 0.29) is 26.5 Å². The van der Waals surface area contributed by atoms with Gasteiger partial charge in [0.2, 0.25) is 0 Å². The minimum absolute atomic E-state index is 0.